The van der Waals surface area contributed by atoms with Crippen LogP contribution in [0.2, 0.25) is 4.34 Å². The van der Waals surface area contributed by atoms with Crippen molar-refractivity contribution in [3.8, 4) is 0 Å². The average molecular weight is 446 g/mol. The van der Waals surface area contributed by atoms with Crippen LogP contribution in [0.4, 0.5) is 4.39 Å². The number of sulfonamides is 1. The molecule has 1 aliphatic rings. The Labute approximate surface area is 170 Å². The maximum absolute atomic E-state index is 13.1. The van der Waals surface area contributed by atoms with Crippen molar-refractivity contribution >= 4 is 44.7 Å². The molecule has 0 N–H and O–H groups in total. The molecule has 0 radical (unpaired) electrons. The fraction of sp³-hybridized carbons (Fsp3) is 0.333. The van der Waals surface area contributed by atoms with Gasteiger partial charge in [0.05, 0.1) is 20.0 Å². The Morgan fingerprint density at radius 2 is 1.93 bits per heavy atom. The fourth-order valence-electron chi connectivity index (χ4n) is 2.90. The van der Waals surface area contributed by atoms with E-state index in [1.165, 1.54) is 16.4 Å². The summed E-state index contributed by atoms with van der Waals surface area (Å²) in [6, 6.07) is 7.67. The van der Waals surface area contributed by atoms with E-state index < -0.39 is 34.3 Å². The number of hydrogen-bond acceptors (Lipinski definition) is 6. The largest absolute Gasteiger partial charge is 0.457 e. The molecule has 0 aliphatic carbocycles. The van der Waals surface area contributed by atoms with Gasteiger partial charge in [-0.3, -0.25) is 9.59 Å². The molecule has 1 saturated heterocycles. The third-order valence-corrected chi connectivity index (χ3v) is 7.51. The molecule has 6 nitrogen and oxygen atoms in total. The Morgan fingerprint density at radius 1 is 1.21 bits per heavy atom. The monoisotopic (exact) mass is 445 g/mol. The van der Waals surface area contributed by atoms with Gasteiger partial charge in [-0.1, -0.05) is 11.6 Å². The minimum absolute atomic E-state index is 0.0346. The van der Waals surface area contributed by atoms with E-state index >= 15 is 0 Å². The average Bonchev–Trinajstić information content (AvgIpc) is 3.13. The number of hydrogen-bond donors (Lipinski definition) is 0. The highest BCUT2D eigenvalue weighted by atomic mass is 35.5. The summed E-state index contributed by atoms with van der Waals surface area (Å²) < 4.78 is 45.2. The second kappa shape index (κ2) is 8.69. The summed E-state index contributed by atoms with van der Waals surface area (Å²) in [5.74, 6) is -2.17. The van der Waals surface area contributed by atoms with Gasteiger partial charge >= 0.3 is 5.97 Å². The second-order valence-electron chi connectivity index (χ2n) is 6.29. The number of thiophene rings is 1. The fourth-order valence-corrected chi connectivity index (χ4v) is 5.39. The number of Topliss-reactive ketones (excluding diaryl/α,β-unsaturated/α-hetero) is 1. The molecule has 0 bridgehead atoms. The van der Waals surface area contributed by atoms with Crippen LogP contribution in [0.15, 0.2) is 41.3 Å². The first-order chi connectivity index (χ1) is 13.3. The van der Waals surface area contributed by atoms with Crippen molar-refractivity contribution in [3.05, 3.63) is 51.4 Å². The summed E-state index contributed by atoms with van der Waals surface area (Å²) in [5, 5.41) is 0. The molecular formula is C18H17ClFNO5S2. The van der Waals surface area contributed by atoms with Crippen LogP contribution >= 0.6 is 22.9 Å². The summed E-state index contributed by atoms with van der Waals surface area (Å²) in [6.45, 7) is -0.204. The number of ketones is 1. The van der Waals surface area contributed by atoms with Crippen LogP contribution in [0.5, 0.6) is 0 Å². The zero-order valence-electron chi connectivity index (χ0n) is 14.6. The van der Waals surface area contributed by atoms with Gasteiger partial charge in [-0.05, 0) is 49.2 Å². The standard InChI is InChI=1S/C18H17ClFNO5S2/c19-17-8-7-16(27-17)15(22)11-26-18(23)12-2-1-9-21(10-12)28(24,25)14-5-3-13(20)4-6-14/h3-8,12H,1-2,9-11H2. The Bertz CT molecular complexity index is 974. The number of carbonyl (C=O) groups is 2. The lowest BCUT2D eigenvalue weighted by atomic mass is 10.00. The number of nitrogens with zero attached hydrogens (tertiary/aromatic N) is 1. The third kappa shape index (κ3) is 4.78. The van der Waals surface area contributed by atoms with Gasteiger partial charge in [0.15, 0.2) is 6.61 Å². The van der Waals surface area contributed by atoms with Crippen molar-refractivity contribution in [1.29, 1.82) is 0 Å². The topological polar surface area (TPSA) is 80.8 Å². The molecule has 0 saturated carbocycles. The molecule has 2 heterocycles. The van der Waals surface area contributed by atoms with E-state index in [2.05, 4.69) is 0 Å². The minimum Gasteiger partial charge on any atom is -0.457 e. The molecule has 1 unspecified atom stereocenters. The predicted molar refractivity (Wildman–Crippen MR) is 103 cm³/mol. The number of halogens is 2. The van der Waals surface area contributed by atoms with Crippen LogP contribution in [-0.4, -0.2) is 44.2 Å². The summed E-state index contributed by atoms with van der Waals surface area (Å²) >= 11 is 6.88. The molecular weight excluding hydrogens is 429 g/mol. The first-order valence-corrected chi connectivity index (χ1v) is 11.1. The molecule has 1 atom stereocenters. The Kier molecular flexibility index (Phi) is 6.49. The van der Waals surface area contributed by atoms with Crippen molar-refractivity contribution in [3.63, 3.8) is 0 Å². The van der Waals surface area contributed by atoms with Gasteiger partial charge < -0.3 is 4.74 Å². The lowest BCUT2D eigenvalue weighted by Gasteiger charge is -2.30. The number of esters is 1. The maximum Gasteiger partial charge on any atom is 0.310 e. The minimum atomic E-state index is -3.84. The van der Waals surface area contributed by atoms with Gasteiger partial charge in [0, 0.05) is 13.1 Å². The molecule has 1 aliphatic heterocycles. The van der Waals surface area contributed by atoms with Crippen LogP contribution < -0.4 is 0 Å². The number of ether oxygens (including phenoxy) is 1. The molecule has 1 fully saturated rings. The van der Waals surface area contributed by atoms with Gasteiger partial charge in [0.25, 0.3) is 0 Å². The van der Waals surface area contributed by atoms with E-state index in [9.17, 15) is 22.4 Å². The normalized spacial score (nSPS) is 18.0. The second-order valence-corrected chi connectivity index (χ2v) is 9.94. The molecule has 2 aromatic rings. The molecule has 0 amide bonds. The molecule has 150 valence electrons. The van der Waals surface area contributed by atoms with E-state index in [1.807, 2.05) is 0 Å². The number of piperidine rings is 1. The van der Waals surface area contributed by atoms with Crippen molar-refractivity contribution in [2.45, 2.75) is 17.7 Å². The van der Waals surface area contributed by atoms with Crippen LogP contribution in [0.25, 0.3) is 0 Å². The quantitative estimate of drug-likeness (QED) is 0.503. The van der Waals surface area contributed by atoms with Crippen molar-refractivity contribution in [2.75, 3.05) is 19.7 Å². The highest BCUT2D eigenvalue weighted by Gasteiger charge is 2.34. The highest BCUT2D eigenvalue weighted by Crippen LogP contribution is 2.25. The summed E-state index contributed by atoms with van der Waals surface area (Å²) in [5.41, 5.74) is 0. The molecule has 3 rings (SSSR count). The Hall–Kier alpha value is -1.81. The lowest BCUT2D eigenvalue weighted by Crippen LogP contribution is -2.42. The summed E-state index contributed by atoms with van der Waals surface area (Å²) in [4.78, 5) is 24.7. The molecule has 0 spiro atoms. The van der Waals surface area contributed by atoms with Crippen molar-refractivity contribution in [2.24, 2.45) is 5.92 Å². The van der Waals surface area contributed by atoms with Crippen LogP contribution in [0, 0.1) is 11.7 Å². The van der Waals surface area contributed by atoms with Crippen molar-refractivity contribution < 1.29 is 27.1 Å². The van der Waals surface area contributed by atoms with E-state index in [4.69, 9.17) is 16.3 Å². The van der Waals surface area contributed by atoms with E-state index in [0.717, 1.165) is 23.5 Å². The van der Waals surface area contributed by atoms with E-state index in [0.29, 0.717) is 22.1 Å². The van der Waals surface area contributed by atoms with Crippen LogP contribution in [0.3, 0.4) is 0 Å². The summed E-state index contributed by atoms with van der Waals surface area (Å²) in [7, 11) is -3.84. The van der Waals surface area contributed by atoms with Crippen molar-refractivity contribution in [1.82, 2.24) is 4.31 Å². The lowest BCUT2D eigenvalue weighted by molar-refractivity contribution is -0.148. The number of rotatable bonds is 6. The SMILES string of the molecule is O=C(COC(=O)C1CCCN(S(=O)(=O)c2ccc(F)cc2)C1)c1ccc(Cl)s1. The van der Waals surface area contributed by atoms with Gasteiger partial charge in [0.2, 0.25) is 15.8 Å². The molecule has 28 heavy (non-hydrogen) atoms. The molecule has 1 aromatic heterocycles. The first kappa shape index (κ1) is 20.9. The van der Waals surface area contributed by atoms with Gasteiger partial charge in [-0.15, -0.1) is 11.3 Å². The third-order valence-electron chi connectivity index (χ3n) is 4.36. The van der Waals surface area contributed by atoms with Gasteiger partial charge in [0.1, 0.15) is 5.82 Å². The predicted octanol–water partition coefficient (Wildman–Crippen LogP) is 3.37. The number of carbonyl (C=O) groups excluding carboxylic acids is 2. The Balaban J connectivity index is 1.61. The first-order valence-electron chi connectivity index (χ1n) is 8.48. The zero-order chi connectivity index (χ0) is 20.3. The Morgan fingerprint density at radius 3 is 2.57 bits per heavy atom. The maximum atomic E-state index is 13.1. The van der Waals surface area contributed by atoms with Crippen LogP contribution in [0.1, 0.15) is 22.5 Å². The highest BCUT2D eigenvalue weighted by molar-refractivity contribution is 7.89. The van der Waals surface area contributed by atoms with E-state index in [1.54, 1.807) is 12.1 Å². The summed E-state index contributed by atoms with van der Waals surface area (Å²) in [6.07, 6.45) is 0.946. The van der Waals surface area contributed by atoms with E-state index in [-0.39, 0.29) is 23.8 Å². The van der Waals surface area contributed by atoms with Crippen LogP contribution in [-0.2, 0) is 19.6 Å². The molecule has 10 heteroatoms. The smallest absolute Gasteiger partial charge is 0.310 e. The zero-order valence-corrected chi connectivity index (χ0v) is 17.0. The van der Waals surface area contributed by atoms with Gasteiger partial charge in [-0.2, -0.15) is 4.31 Å². The number of benzene rings is 1. The molecule has 1 aromatic carbocycles. The van der Waals surface area contributed by atoms with Gasteiger partial charge in [-0.25, -0.2) is 12.8 Å².